The van der Waals surface area contributed by atoms with E-state index in [9.17, 15) is 9.59 Å². The van der Waals surface area contributed by atoms with Gasteiger partial charge in [0.15, 0.2) is 0 Å². The number of rotatable bonds is 4. The summed E-state index contributed by atoms with van der Waals surface area (Å²) in [4.78, 5) is 20.9. The first-order valence-electron chi connectivity index (χ1n) is 3.29. The van der Waals surface area contributed by atoms with Crippen molar-refractivity contribution in [2.75, 3.05) is 18.8 Å². The Balaban J connectivity index is 3.14. The van der Waals surface area contributed by atoms with Crippen molar-refractivity contribution in [1.82, 2.24) is 10.6 Å². The lowest BCUT2D eigenvalue weighted by atomic mass is 10.5. The molecule has 0 aromatic carbocycles. The highest BCUT2D eigenvalue weighted by atomic mass is 32.1. The molecule has 2 amide bonds. The Kier molecular flexibility index (Phi) is 5.64. The Hall–Kier alpha value is -0.710. The number of carbonyl (C=O) groups is 2. The van der Waals surface area contributed by atoms with Crippen molar-refractivity contribution >= 4 is 24.4 Å². The van der Waals surface area contributed by atoms with E-state index in [0.717, 1.165) is 0 Å². The topological polar surface area (TPSA) is 58.2 Å². The predicted molar refractivity (Wildman–Crippen MR) is 45.5 cm³/mol. The maximum atomic E-state index is 10.6. The van der Waals surface area contributed by atoms with E-state index in [1.54, 1.807) is 0 Å². The molecule has 0 aliphatic rings. The number of carbonyl (C=O) groups excluding carboxylic acids is 2. The molecule has 0 fully saturated rings. The Labute approximate surface area is 71.1 Å². The average molecular weight is 176 g/mol. The van der Waals surface area contributed by atoms with Crippen LogP contribution in [0, 0.1) is 0 Å². The minimum absolute atomic E-state index is 0.0925. The van der Waals surface area contributed by atoms with Crippen LogP contribution in [0.5, 0.6) is 0 Å². The van der Waals surface area contributed by atoms with Gasteiger partial charge >= 0.3 is 0 Å². The van der Waals surface area contributed by atoms with Crippen LogP contribution in [-0.2, 0) is 9.59 Å². The molecule has 64 valence electrons. The summed E-state index contributed by atoms with van der Waals surface area (Å²) >= 11 is 3.76. The summed E-state index contributed by atoms with van der Waals surface area (Å²) in [6, 6.07) is 0. The normalized spacial score (nSPS) is 8.91. The molecule has 0 aliphatic carbocycles. The first-order valence-corrected chi connectivity index (χ1v) is 3.92. The molecule has 0 radical (unpaired) electrons. The van der Waals surface area contributed by atoms with Gasteiger partial charge in [-0.3, -0.25) is 9.59 Å². The zero-order valence-corrected chi connectivity index (χ0v) is 7.28. The molecule has 0 saturated heterocycles. The third kappa shape index (κ3) is 7.18. The fraction of sp³-hybridized carbons (Fsp3) is 0.667. The molecule has 4 nitrogen and oxygen atoms in total. The highest BCUT2D eigenvalue weighted by Crippen LogP contribution is 1.71. The monoisotopic (exact) mass is 176 g/mol. The van der Waals surface area contributed by atoms with Gasteiger partial charge in [0.1, 0.15) is 0 Å². The van der Waals surface area contributed by atoms with E-state index in [2.05, 4.69) is 23.3 Å². The summed E-state index contributed by atoms with van der Waals surface area (Å²) in [5, 5.41) is 5.10. The van der Waals surface area contributed by atoms with E-state index in [1.807, 2.05) is 0 Å². The van der Waals surface area contributed by atoms with E-state index in [1.165, 1.54) is 6.92 Å². The first-order chi connectivity index (χ1) is 5.16. The summed E-state index contributed by atoms with van der Waals surface area (Å²) in [7, 11) is 0. The molecule has 0 aromatic heterocycles. The van der Waals surface area contributed by atoms with Crippen molar-refractivity contribution in [3.63, 3.8) is 0 Å². The van der Waals surface area contributed by atoms with Gasteiger partial charge in [-0.1, -0.05) is 0 Å². The van der Waals surface area contributed by atoms with Gasteiger partial charge in [0.2, 0.25) is 11.8 Å². The van der Waals surface area contributed by atoms with Crippen LogP contribution in [-0.4, -0.2) is 30.7 Å². The van der Waals surface area contributed by atoms with Crippen molar-refractivity contribution < 1.29 is 9.59 Å². The first kappa shape index (κ1) is 10.3. The molecular weight excluding hydrogens is 164 g/mol. The third-order valence-electron chi connectivity index (χ3n) is 0.965. The van der Waals surface area contributed by atoms with Gasteiger partial charge in [0.25, 0.3) is 0 Å². The molecule has 0 aliphatic heterocycles. The van der Waals surface area contributed by atoms with Gasteiger partial charge in [0.05, 0.1) is 5.75 Å². The Morgan fingerprint density at radius 1 is 1.27 bits per heavy atom. The van der Waals surface area contributed by atoms with Gasteiger partial charge in [-0.25, -0.2) is 0 Å². The van der Waals surface area contributed by atoms with Crippen LogP contribution in [0.3, 0.4) is 0 Å². The number of nitrogens with one attached hydrogen (secondary N) is 2. The maximum Gasteiger partial charge on any atom is 0.229 e. The molecule has 5 heteroatoms. The molecule has 0 rings (SSSR count). The van der Waals surface area contributed by atoms with Crippen molar-refractivity contribution in [3.8, 4) is 0 Å². The molecule has 2 N–H and O–H groups in total. The molecule has 0 bridgehead atoms. The van der Waals surface area contributed by atoms with Crippen LogP contribution in [0.1, 0.15) is 6.92 Å². The average Bonchev–Trinajstić information content (AvgIpc) is 1.97. The van der Waals surface area contributed by atoms with Gasteiger partial charge in [-0.05, 0) is 0 Å². The zero-order chi connectivity index (χ0) is 8.69. The number of hydrogen-bond acceptors (Lipinski definition) is 3. The second-order valence-electron chi connectivity index (χ2n) is 1.99. The Bertz CT molecular complexity index is 150. The fourth-order valence-electron chi connectivity index (χ4n) is 0.496. The van der Waals surface area contributed by atoms with Crippen LogP contribution in [0.15, 0.2) is 0 Å². The van der Waals surface area contributed by atoms with Crippen molar-refractivity contribution in [2.24, 2.45) is 0 Å². The molecule has 11 heavy (non-hydrogen) atoms. The lowest BCUT2D eigenvalue weighted by Crippen LogP contribution is -2.34. The SMILES string of the molecule is CC(=O)NCCNC(=O)CS. The minimum atomic E-state index is -0.126. The highest BCUT2D eigenvalue weighted by Gasteiger charge is 1.95. The van der Waals surface area contributed by atoms with Crippen molar-refractivity contribution in [2.45, 2.75) is 6.92 Å². The van der Waals surface area contributed by atoms with Gasteiger partial charge in [-0.2, -0.15) is 12.6 Å². The molecule has 0 heterocycles. The van der Waals surface area contributed by atoms with Crippen LogP contribution >= 0.6 is 12.6 Å². The Morgan fingerprint density at radius 2 is 1.82 bits per heavy atom. The molecule has 0 aromatic rings. The van der Waals surface area contributed by atoms with Crippen LogP contribution in [0.25, 0.3) is 0 Å². The van der Waals surface area contributed by atoms with E-state index >= 15 is 0 Å². The molecule has 0 spiro atoms. The maximum absolute atomic E-state index is 10.6. The summed E-state index contributed by atoms with van der Waals surface area (Å²) in [5.74, 6) is -0.0381. The molecule has 0 saturated carbocycles. The van der Waals surface area contributed by atoms with Gasteiger partial charge in [-0.15, -0.1) is 0 Å². The quantitative estimate of drug-likeness (QED) is 0.387. The van der Waals surface area contributed by atoms with E-state index < -0.39 is 0 Å². The Morgan fingerprint density at radius 3 is 2.27 bits per heavy atom. The lowest BCUT2D eigenvalue weighted by Gasteiger charge is -2.02. The van der Waals surface area contributed by atoms with Gasteiger partial charge in [0, 0.05) is 20.0 Å². The third-order valence-corrected chi connectivity index (χ3v) is 1.25. The number of amides is 2. The second kappa shape index (κ2) is 6.03. The van der Waals surface area contributed by atoms with E-state index in [-0.39, 0.29) is 17.6 Å². The minimum Gasteiger partial charge on any atom is -0.355 e. The van der Waals surface area contributed by atoms with E-state index in [0.29, 0.717) is 13.1 Å². The summed E-state index contributed by atoms with van der Waals surface area (Å²) < 4.78 is 0. The van der Waals surface area contributed by atoms with Crippen LogP contribution in [0.4, 0.5) is 0 Å². The fourth-order valence-corrected chi connectivity index (χ4v) is 0.608. The smallest absolute Gasteiger partial charge is 0.229 e. The molecule has 0 atom stereocenters. The number of hydrogen-bond donors (Lipinski definition) is 3. The van der Waals surface area contributed by atoms with Gasteiger partial charge < -0.3 is 10.6 Å². The summed E-state index contributed by atoms with van der Waals surface area (Å²) in [5.41, 5.74) is 0. The highest BCUT2D eigenvalue weighted by molar-refractivity contribution is 7.81. The summed E-state index contributed by atoms with van der Waals surface area (Å²) in [6.07, 6.45) is 0. The molecule has 0 unspecified atom stereocenters. The second-order valence-corrected chi connectivity index (χ2v) is 2.31. The predicted octanol–water partition coefficient (Wildman–Crippen LogP) is -0.832. The summed E-state index contributed by atoms with van der Waals surface area (Å²) in [6.45, 7) is 2.36. The van der Waals surface area contributed by atoms with E-state index in [4.69, 9.17) is 0 Å². The zero-order valence-electron chi connectivity index (χ0n) is 6.39. The number of thiol groups is 1. The van der Waals surface area contributed by atoms with Crippen molar-refractivity contribution in [3.05, 3.63) is 0 Å². The largest absolute Gasteiger partial charge is 0.355 e. The lowest BCUT2D eigenvalue weighted by molar-refractivity contribution is -0.120. The standard InChI is InChI=1S/C6H12N2O2S/c1-5(9)7-2-3-8-6(10)4-11/h11H,2-4H2,1H3,(H,7,9)(H,8,10). The van der Waals surface area contributed by atoms with Crippen LogP contribution in [0.2, 0.25) is 0 Å². The van der Waals surface area contributed by atoms with Crippen LogP contribution < -0.4 is 10.6 Å². The van der Waals surface area contributed by atoms with Crippen molar-refractivity contribution in [1.29, 1.82) is 0 Å². The molecular formula is C6H12N2O2S.